The van der Waals surface area contributed by atoms with Crippen molar-refractivity contribution in [3.63, 3.8) is 0 Å². The van der Waals surface area contributed by atoms with Crippen molar-refractivity contribution in [3.8, 4) is 0 Å². The van der Waals surface area contributed by atoms with E-state index in [2.05, 4.69) is 32.0 Å². The average molecular weight is 234 g/mol. The molecule has 0 bridgehead atoms. The monoisotopic (exact) mass is 234 g/mol. The molecule has 17 heavy (non-hydrogen) atoms. The zero-order valence-corrected chi connectivity index (χ0v) is 10.5. The SMILES string of the molecule is Cc1nccn1CCNC(C)c1nncn1C. The van der Waals surface area contributed by atoms with Crippen LogP contribution in [0, 0.1) is 6.92 Å². The lowest BCUT2D eigenvalue weighted by molar-refractivity contribution is 0.497. The van der Waals surface area contributed by atoms with Crippen molar-refractivity contribution in [2.24, 2.45) is 7.05 Å². The zero-order valence-electron chi connectivity index (χ0n) is 10.5. The molecule has 1 N–H and O–H groups in total. The molecule has 0 spiro atoms. The summed E-state index contributed by atoms with van der Waals surface area (Å²) in [6, 6.07) is 0.200. The third-order valence-corrected chi connectivity index (χ3v) is 2.86. The van der Waals surface area contributed by atoms with Crippen LogP contribution >= 0.6 is 0 Å². The first-order chi connectivity index (χ1) is 8.18. The van der Waals surface area contributed by atoms with Crippen LogP contribution in [0.5, 0.6) is 0 Å². The van der Waals surface area contributed by atoms with E-state index in [0.717, 1.165) is 24.7 Å². The highest BCUT2D eigenvalue weighted by molar-refractivity contribution is 4.92. The molecule has 0 saturated heterocycles. The Bertz CT molecular complexity index is 472. The minimum atomic E-state index is 0.200. The Labute approximate surface area is 101 Å². The lowest BCUT2D eigenvalue weighted by Crippen LogP contribution is -2.25. The topological polar surface area (TPSA) is 60.6 Å². The maximum absolute atomic E-state index is 4.19. The quantitative estimate of drug-likeness (QED) is 0.826. The molecule has 1 unspecified atom stereocenters. The van der Waals surface area contributed by atoms with Gasteiger partial charge in [-0.3, -0.25) is 0 Å². The van der Waals surface area contributed by atoms with E-state index in [4.69, 9.17) is 0 Å². The van der Waals surface area contributed by atoms with Crippen molar-refractivity contribution in [1.29, 1.82) is 0 Å². The first kappa shape index (κ1) is 11.8. The number of aryl methyl sites for hydroxylation is 2. The second kappa shape index (κ2) is 5.09. The Kier molecular flexibility index (Phi) is 3.53. The third-order valence-electron chi connectivity index (χ3n) is 2.86. The Morgan fingerprint density at radius 1 is 1.47 bits per heavy atom. The summed E-state index contributed by atoms with van der Waals surface area (Å²) in [6.07, 6.45) is 5.53. The smallest absolute Gasteiger partial charge is 0.149 e. The molecule has 0 aliphatic rings. The molecule has 2 aromatic heterocycles. The van der Waals surface area contributed by atoms with Crippen LogP contribution in [0.15, 0.2) is 18.7 Å². The fourth-order valence-corrected chi connectivity index (χ4v) is 1.82. The van der Waals surface area contributed by atoms with Gasteiger partial charge in [0.05, 0.1) is 6.04 Å². The second-order valence-electron chi connectivity index (χ2n) is 4.14. The molecule has 2 rings (SSSR count). The summed E-state index contributed by atoms with van der Waals surface area (Å²) in [5.74, 6) is 1.99. The van der Waals surface area contributed by atoms with E-state index < -0.39 is 0 Å². The molecule has 92 valence electrons. The summed E-state index contributed by atoms with van der Waals surface area (Å²) in [6.45, 7) is 5.89. The normalized spacial score (nSPS) is 12.9. The van der Waals surface area contributed by atoms with Crippen molar-refractivity contribution >= 4 is 0 Å². The molecule has 0 fully saturated rings. The van der Waals surface area contributed by atoms with Crippen LogP contribution in [0.1, 0.15) is 24.6 Å². The number of nitrogens with one attached hydrogen (secondary N) is 1. The number of aromatic nitrogens is 5. The van der Waals surface area contributed by atoms with E-state index in [1.807, 2.05) is 30.9 Å². The maximum atomic E-state index is 4.19. The number of imidazole rings is 1. The maximum Gasteiger partial charge on any atom is 0.149 e. The first-order valence-corrected chi connectivity index (χ1v) is 5.73. The highest BCUT2D eigenvalue weighted by Gasteiger charge is 2.09. The van der Waals surface area contributed by atoms with E-state index in [-0.39, 0.29) is 6.04 Å². The van der Waals surface area contributed by atoms with Gasteiger partial charge in [-0.05, 0) is 13.8 Å². The van der Waals surface area contributed by atoms with Gasteiger partial charge in [-0.1, -0.05) is 0 Å². The zero-order chi connectivity index (χ0) is 12.3. The van der Waals surface area contributed by atoms with Gasteiger partial charge in [0, 0.05) is 32.5 Å². The minimum absolute atomic E-state index is 0.200. The molecule has 2 heterocycles. The molecule has 6 heteroatoms. The Morgan fingerprint density at radius 3 is 2.88 bits per heavy atom. The van der Waals surface area contributed by atoms with Crippen LogP contribution in [-0.2, 0) is 13.6 Å². The molecule has 0 saturated carbocycles. The third kappa shape index (κ3) is 2.71. The number of hydrogen-bond acceptors (Lipinski definition) is 4. The van der Waals surface area contributed by atoms with Crippen LogP contribution < -0.4 is 5.32 Å². The van der Waals surface area contributed by atoms with Gasteiger partial charge in [-0.25, -0.2) is 4.98 Å². The van der Waals surface area contributed by atoms with Crippen LogP contribution in [0.2, 0.25) is 0 Å². The molecule has 2 aromatic rings. The Hall–Kier alpha value is -1.69. The molecule has 0 aromatic carbocycles. The van der Waals surface area contributed by atoms with Crippen molar-refractivity contribution < 1.29 is 0 Å². The minimum Gasteiger partial charge on any atom is -0.334 e. The van der Waals surface area contributed by atoms with Gasteiger partial charge in [-0.2, -0.15) is 0 Å². The molecule has 0 aliphatic carbocycles. The lowest BCUT2D eigenvalue weighted by atomic mass is 10.3. The van der Waals surface area contributed by atoms with E-state index in [1.165, 1.54) is 0 Å². The van der Waals surface area contributed by atoms with Crippen LogP contribution in [0.3, 0.4) is 0 Å². The predicted molar refractivity (Wildman–Crippen MR) is 64.4 cm³/mol. The molecule has 0 aliphatic heterocycles. The van der Waals surface area contributed by atoms with E-state index in [0.29, 0.717) is 0 Å². The van der Waals surface area contributed by atoms with Crippen LogP contribution in [0.25, 0.3) is 0 Å². The van der Waals surface area contributed by atoms with E-state index in [1.54, 1.807) is 6.33 Å². The molecule has 1 atom stereocenters. The average Bonchev–Trinajstić information content (AvgIpc) is 2.88. The highest BCUT2D eigenvalue weighted by atomic mass is 15.3. The van der Waals surface area contributed by atoms with E-state index in [9.17, 15) is 0 Å². The highest BCUT2D eigenvalue weighted by Crippen LogP contribution is 2.06. The molecule has 0 amide bonds. The van der Waals surface area contributed by atoms with E-state index >= 15 is 0 Å². The lowest BCUT2D eigenvalue weighted by Gasteiger charge is -2.13. The van der Waals surface area contributed by atoms with Gasteiger partial charge < -0.3 is 14.5 Å². The van der Waals surface area contributed by atoms with Gasteiger partial charge >= 0.3 is 0 Å². The molecular weight excluding hydrogens is 216 g/mol. The number of rotatable bonds is 5. The number of nitrogens with zero attached hydrogens (tertiary/aromatic N) is 5. The predicted octanol–water partition coefficient (Wildman–Crippen LogP) is 0.671. The first-order valence-electron chi connectivity index (χ1n) is 5.73. The van der Waals surface area contributed by atoms with Gasteiger partial charge in [0.2, 0.25) is 0 Å². The summed E-state index contributed by atoms with van der Waals surface area (Å²) < 4.78 is 4.05. The second-order valence-corrected chi connectivity index (χ2v) is 4.14. The molecule has 6 nitrogen and oxygen atoms in total. The van der Waals surface area contributed by atoms with Crippen molar-refractivity contribution in [2.75, 3.05) is 6.54 Å². The van der Waals surface area contributed by atoms with Crippen molar-refractivity contribution in [3.05, 3.63) is 30.4 Å². The van der Waals surface area contributed by atoms with Gasteiger partial charge in [-0.15, -0.1) is 10.2 Å². The summed E-state index contributed by atoms with van der Waals surface area (Å²) >= 11 is 0. The Morgan fingerprint density at radius 2 is 2.29 bits per heavy atom. The van der Waals surface area contributed by atoms with Gasteiger partial charge in [0.1, 0.15) is 18.0 Å². The van der Waals surface area contributed by atoms with Crippen LogP contribution in [0.4, 0.5) is 0 Å². The Balaban J connectivity index is 1.83. The van der Waals surface area contributed by atoms with Crippen molar-refractivity contribution in [1.82, 2.24) is 29.6 Å². The largest absolute Gasteiger partial charge is 0.334 e. The fourth-order valence-electron chi connectivity index (χ4n) is 1.82. The summed E-state index contributed by atoms with van der Waals surface area (Å²) in [7, 11) is 1.95. The molecule has 0 radical (unpaired) electrons. The number of hydrogen-bond donors (Lipinski definition) is 1. The van der Waals surface area contributed by atoms with Crippen LogP contribution in [-0.4, -0.2) is 30.9 Å². The summed E-state index contributed by atoms with van der Waals surface area (Å²) in [5, 5.41) is 11.4. The summed E-state index contributed by atoms with van der Waals surface area (Å²) in [5.41, 5.74) is 0. The molecular formula is C11H18N6. The van der Waals surface area contributed by atoms with Gasteiger partial charge in [0.25, 0.3) is 0 Å². The van der Waals surface area contributed by atoms with Gasteiger partial charge in [0.15, 0.2) is 0 Å². The summed E-state index contributed by atoms with van der Waals surface area (Å²) in [4.78, 5) is 4.19. The standard InChI is InChI=1S/C11H18N6/c1-9(11-15-14-8-16(11)3)12-4-6-17-7-5-13-10(17)2/h5,7-9,12H,4,6H2,1-3H3. The van der Waals surface area contributed by atoms with Crippen molar-refractivity contribution in [2.45, 2.75) is 26.4 Å². The fraction of sp³-hybridized carbons (Fsp3) is 0.545.